The van der Waals surface area contributed by atoms with Crippen LogP contribution in [0.5, 0.6) is 0 Å². The molecule has 0 unspecified atom stereocenters. The molecule has 1 heterocycles. The average Bonchev–Trinajstić information content (AvgIpc) is 3.02. The number of anilines is 2. The quantitative estimate of drug-likeness (QED) is 0.821. The lowest BCUT2D eigenvalue weighted by Gasteiger charge is -2.14. The van der Waals surface area contributed by atoms with Gasteiger partial charge in [-0.25, -0.2) is 9.97 Å². The zero-order chi connectivity index (χ0) is 16.1. The summed E-state index contributed by atoms with van der Waals surface area (Å²) < 4.78 is 0. The van der Waals surface area contributed by atoms with E-state index in [2.05, 4.69) is 32.7 Å². The number of benzene rings is 1. The molecule has 122 valence electrons. The number of halogens is 1. The van der Waals surface area contributed by atoms with Gasteiger partial charge in [-0.1, -0.05) is 36.6 Å². The van der Waals surface area contributed by atoms with E-state index in [1.54, 1.807) is 0 Å². The highest BCUT2D eigenvalue weighted by Gasteiger charge is 2.15. The largest absolute Gasteiger partial charge is 0.370 e. The smallest absolute Gasteiger partial charge is 0.132 e. The van der Waals surface area contributed by atoms with Gasteiger partial charge in [0, 0.05) is 23.7 Å². The summed E-state index contributed by atoms with van der Waals surface area (Å²) in [5, 5.41) is 7.69. The highest BCUT2D eigenvalue weighted by Crippen LogP contribution is 2.22. The van der Waals surface area contributed by atoms with Crippen LogP contribution in [0.15, 0.2) is 30.3 Å². The number of rotatable bonds is 6. The SMILES string of the molecule is Cc1nc(NCCc2ccc(Cl)cc2)cc(NC2CCCC2)n1. The Hall–Kier alpha value is -1.81. The lowest BCUT2D eigenvalue weighted by molar-refractivity contribution is 0.748. The topological polar surface area (TPSA) is 49.8 Å². The summed E-state index contributed by atoms with van der Waals surface area (Å²) in [4.78, 5) is 8.97. The van der Waals surface area contributed by atoms with Gasteiger partial charge in [-0.3, -0.25) is 0 Å². The molecule has 2 aromatic rings. The predicted molar refractivity (Wildman–Crippen MR) is 96.3 cm³/mol. The molecule has 1 aromatic carbocycles. The third-order valence-corrected chi connectivity index (χ3v) is 4.43. The Labute approximate surface area is 142 Å². The Bertz CT molecular complexity index is 636. The van der Waals surface area contributed by atoms with Crippen molar-refractivity contribution in [2.75, 3.05) is 17.2 Å². The van der Waals surface area contributed by atoms with E-state index in [9.17, 15) is 0 Å². The summed E-state index contributed by atoms with van der Waals surface area (Å²) in [7, 11) is 0. The number of hydrogen-bond acceptors (Lipinski definition) is 4. The molecule has 5 heteroatoms. The minimum atomic E-state index is 0.561. The zero-order valence-electron chi connectivity index (χ0n) is 13.5. The summed E-state index contributed by atoms with van der Waals surface area (Å²) in [5.74, 6) is 2.60. The molecule has 2 N–H and O–H groups in total. The van der Waals surface area contributed by atoms with Gasteiger partial charge in [0.05, 0.1) is 0 Å². The van der Waals surface area contributed by atoms with E-state index in [1.807, 2.05) is 25.1 Å². The molecule has 3 rings (SSSR count). The molecule has 1 saturated carbocycles. The zero-order valence-corrected chi connectivity index (χ0v) is 14.2. The molecular weight excluding hydrogens is 308 g/mol. The van der Waals surface area contributed by atoms with E-state index < -0.39 is 0 Å². The Morgan fingerprint density at radius 2 is 1.78 bits per heavy atom. The maximum absolute atomic E-state index is 5.91. The molecule has 0 amide bonds. The first-order valence-corrected chi connectivity index (χ1v) is 8.67. The summed E-state index contributed by atoms with van der Waals surface area (Å²) >= 11 is 5.91. The number of nitrogens with zero attached hydrogens (tertiary/aromatic N) is 2. The van der Waals surface area contributed by atoms with E-state index in [0.717, 1.165) is 35.4 Å². The molecule has 1 aromatic heterocycles. The standard InChI is InChI=1S/C18H23ClN4/c1-13-21-17(12-18(22-13)23-16-4-2-3-5-16)20-11-10-14-6-8-15(19)9-7-14/h6-9,12,16H,2-5,10-11H2,1H3,(H2,20,21,22,23). The van der Waals surface area contributed by atoms with Crippen molar-refractivity contribution in [3.63, 3.8) is 0 Å². The van der Waals surface area contributed by atoms with Crippen LogP contribution in [0.2, 0.25) is 5.02 Å². The Kier molecular flexibility index (Phi) is 5.34. The Balaban J connectivity index is 1.56. The second-order valence-electron chi connectivity index (χ2n) is 6.11. The van der Waals surface area contributed by atoms with Gasteiger partial charge in [-0.2, -0.15) is 0 Å². The fraction of sp³-hybridized carbons (Fsp3) is 0.444. The van der Waals surface area contributed by atoms with Gasteiger partial charge in [-0.05, 0) is 43.9 Å². The van der Waals surface area contributed by atoms with Crippen molar-refractivity contribution in [3.05, 3.63) is 46.7 Å². The van der Waals surface area contributed by atoms with Crippen LogP contribution in [0.4, 0.5) is 11.6 Å². The normalized spacial score (nSPS) is 14.9. The van der Waals surface area contributed by atoms with Crippen molar-refractivity contribution in [1.29, 1.82) is 0 Å². The highest BCUT2D eigenvalue weighted by atomic mass is 35.5. The summed E-state index contributed by atoms with van der Waals surface area (Å²) in [5.41, 5.74) is 1.26. The van der Waals surface area contributed by atoms with Crippen molar-refractivity contribution in [2.45, 2.75) is 45.1 Å². The highest BCUT2D eigenvalue weighted by molar-refractivity contribution is 6.30. The van der Waals surface area contributed by atoms with Crippen molar-refractivity contribution >= 4 is 23.2 Å². The lowest BCUT2D eigenvalue weighted by atomic mass is 10.1. The molecule has 1 aliphatic carbocycles. The fourth-order valence-corrected chi connectivity index (χ4v) is 3.12. The average molecular weight is 331 g/mol. The van der Waals surface area contributed by atoms with Crippen LogP contribution in [-0.4, -0.2) is 22.6 Å². The molecule has 0 aliphatic heterocycles. The van der Waals surface area contributed by atoms with Gasteiger partial charge in [0.1, 0.15) is 17.5 Å². The molecule has 0 saturated heterocycles. The Morgan fingerprint density at radius 1 is 1.09 bits per heavy atom. The van der Waals surface area contributed by atoms with E-state index >= 15 is 0 Å². The van der Waals surface area contributed by atoms with Crippen LogP contribution in [0.25, 0.3) is 0 Å². The predicted octanol–water partition coefficient (Wildman–Crippen LogP) is 4.45. The second-order valence-corrected chi connectivity index (χ2v) is 6.55. The van der Waals surface area contributed by atoms with Gasteiger partial charge in [0.25, 0.3) is 0 Å². The molecule has 4 nitrogen and oxygen atoms in total. The van der Waals surface area contributed by atoms with Gasteiger partial charge in [0.15, 0.2) is 0 Å². The van der Waals surface area contributed by atoms with Crippen molar-refractivity contribution in [2.24, 2.45) is 0 Å². The molecule has 0 bridgehead atoms. The third-order valence-electron chi connectivity index (χ3n) is 4.18. The maximum atomic E-state index is 5.91. The Morgan fingerprint density at radius 3 is 2.52 bits per heavy atom. The summed E-state index contributed by atoms with van der Waals surface area (Å²) in [6.45, 7) is 2.77. The number of aromatic nitrogens is 2. The van der Waals surface area contributed by atoms with E-state index in [0.29, 0.717) is 6.04 Å². The third kappa shape index (κ3) is 4.83. The maximum Gasteiger partial charge on any atom is 0.132 e. The van der Waals surface area contributed by atoms with Gasteiger partial charge >= 0.3 is 0 Å². The van der Waals surface area contributed by atoms with Crippen LogP contribution in [-0.2, 0) is 6.42 Å². The minimum Gasteiger partial charge on any atom is -0.370 e. The fourth-order valence-electron chi connectivity index (χ4n) is 3.00. The first kappa shape index (κ1) is 16.1. The molecule has 1 aliphatic rings. The summed E-state index contributed by atoms with van der Waals surface area (Å²) in [6, 6.07) is 10.5. The molecule has 1 fully saturated rings. The van der Waals surface area contributed by atoms with Crippen LogP contribution >= 0.6 is 11.6 Å². The number of nitrogens with one attached hydrogen (secondary N) is 2. The lowest BCUT2D eigenvalue weighted by Crippen LogP contribution is -2.16. The van der Waals surface area contributed by atoms with Crippen molar-refractivity contribution in [3.8, 4) is 0 Å². The van der Waals surface area contributed by atoms with E-state index in [1.165, 1.54) is 31.2 Å². The van der Waals surface area contributed by atoms with Gasteiger partial charge in [-0.15, -0.1) is 0 Å². The monoisotopic (exact) mass is 330 g/mol. The second kappa shape index (κ2) is 7.64. The van der Waals surface area contributed by atoms with E-state index in [-0.39, 0.29) is 0 Å². The molecular formula is C18H23ClN4. The number of hydrogen-bond donors (Lipinski definition) is 2. The summed E-state index contributed by atoms with van der Waals surface area (Å²) in [6.07, 6.45) is 6.04. The minimum absolute atomic E-state index is 0.561. The first-order valence-electron chi connectivity index (χ1n) is 8.29. The molecule has 0 radical (unpaired) electrons. The molecule has 0 atom stereocenters. The van der Waals surface area contributed by atoms with E-state index in [4.69, 9.17) is 11.6 Å². The first-order chi connectivity index (χ1) is 11.2. The van der Waals surface area contributed by atoms with Gasteiger partial charge < -0.3 is 10.6 Å². The van der Waals surface area contributed by atoms with Crippen LogP contribution in [0, 0.1) is 6.92 Å². The molecule has 23 heavy (non-hydrogen) atoms. The van der Waals surface area contributed by atoms with Crippen molar-refractivity contribution < 1.29 is 0 Å². The van der Waals surface area contributed by atoms with Crippen molar-refractivity contribution in [1.82, 2.24) is 9.97 Å². The van der Waals surface area contributed by atoms with Crippen LogP contribution < -0.4 is 10.6 Å². The van der Waals surface area contributed by atoms with Gasteiger partial charge in [0.2, 0.25) is 0 Å². The van der Waals surface area contributed by atoms with Crippen LogP contribution in [0.3, 0.4) is 0 Å². The number of aryl methyl sites for hydroxylation is 1. The molecule has 0 spiro atoms. The van der Waals surface area contributed by atoms with Crippen LogP contribution in [0.1, 0.15) is 37.1 Å².